The molecule has 0 radical (unpaired) electrons. The summed E-state index contributed by atoms with van der Waals surface area (Å²) < 4.78 is 40.6. The Morgan fingerprint density at radius 2 is 2.00 bits per heavy atom. The van der Waals surface area contributed by atoms with E-state index in [0.29, 0.717) is 26.2 Å². The maximum Gasteiger partial charge on any atom is 0.312 e. The van der Waals surface area contributed by atoms with Crippen molar-refractivity contribution in [2.45, 2.75) is 19.3 Å². The third-order valence-electron chi connectivity index (χ3n) is 2.71. The van der Waals surface area contributed by atoms with Gasteiger partial charge in [-0.25, -0.2) is 4.39 Å². The van der Waals surface area contributed by atoms with Crippen LogP contribution in [0.25, 0.3) is 0 Å². The lowest BCUT2D eigenvalue weighted by Gasteiger charge is -2.30. The fraction of sp³-hybridized carbons (Fsp3) is 0.727. The van der Waals surface area contributed by atoms with Crippen LogP contribution in [0.5, 0.6) is 0 Å². The molecule has 1 heterocycles. The number of hydrogen-bond donors (Lipinski definition) is 1. The summed E-state index contributed by atoms with van der Waals surface area (Å²) in [5.74, 6) is -5.15. The number of nitriles is 1. The molecule has 0 spiro atoms. The minimum absolute atomic E-state index is 0.0144. The molecule has 0 aliphatic carbocycles. The number of allylic oxidation sites excluding steroid dienone is 1. The topological polar surface area (TPSA) is 39.1 Å². The number of alkyl halides is 2. The Morgan fingerprint density at radius 1 is 1.41 bits per heavy atom. The molecule has 0 atom stereocenters. The Labute approximate surface area is 98.9 Å². The number of hydrogen-bond acceptors (Lipinski definition) is 3. The maximum atomic E-state index is 13.6. The molecular formula is C11H16F3N3. The van der Waals surface area contributed by atoms with Gasteiger partial charge in [-0.1, -0.05) is 6.92 Å². The summed E-state index contributed by atoms with van der Waals surface area (Å²) in [5, 5.41) is 11.6. The molecule has 6 heteroatoms. The van der Waals surface area contributed by atoms with Gasteiger partial charge in [-0.3, -0.25) is 4.90 Å². The summed E-state index contributed by atoms with van der Waals surface area (Å²) >= 11 is 0. The van der Waals surface area contributed by atoms with Crippen molar-refractivity contribution in [2.75, 3.05) is 32.7 Å². The zero-order chi connectivity index (χ0) is 12.9. The van der Waals surface area contributed by atoms with Crippen LogP contribution in [0.4, 0.5) is 13.2 Å². The van der Waals surface area contributed by atoms with Gasteiger partial charge < -0.3 is 5.32 Å². The van der Waals surface area contributed by atoms with E-state index in [-0.39, 0.29) is 6.42 Å². The fourth-order valence-corrected chi connectivity index (χ4v) is 1.72. The first-order valence-electron chi connectivity index (χ1n) is 5.61. The van der Waals surface area contributed by atoms with Crippen LogP contribution in [0.2, 0.25) is 0 Å². The molecule has 0 aromatic heterocycles. The first-order chi connectivity index (χ1) is 8.01. The van der Waals surface area contributed by atoms with E-state index in [1.165, 1.54) is 17.9 Å². The Morgan fingerprint density at radius 3 is 2.47 bits per heavy atom. The number of nitrogens with zero attached hydrogens (tertiary/aromatic N) is 2. The van der Waals surface area contributed by atoms with Crippen LogP contribution in [0, 0.1) is 11.3 Å². The smallest absolute Gasteiger partial charge is 0.312 e. The van der Waals surface area contributed by atoms with Gasteiger partial charge in [0.05, 0.1) is 18.2 Å². The summed E-state index contributed by atoms with van der Waals surface area (Å²) in [7, 11) is 0. The van der Waals surface area contributed by atoms with Crippen molar-refractivity contribution in [3.8, 4) is 6.07 Å². The monoisotopic (exact) mass is 247 g/mol. The van der Waals surface area contributed by atoms with Crippen LogP contribution in [-0.4, -0.2) is 43.5 Å². The Hall–Kier alpha value is -1.06. The molecule has 0 bridgehead atoms. The lowest BCUT2D eigenvalue weighted by atomic mass is 10.1. The number of piperazine rings is 1. The van der Waals surface area contributed by atoms with E-state index < -0.39 is 23.9 Å². The van der Waals surface area contributed by atoms with Crippen molar-refractivity contribution in [3.63, 3.8) is 0 Å². The largest absolute Gasteiger partial charge is 0.314 e. The van der Waals surface area contributed by atoms with Crippen LogP contribution < -0.4 is 5.32 Å². The quantitative estimate of drug-likeness (QED) is 0.768. The van der Waals surface area contributed by atoms with E-state index in [4.69, 9.17) is 5.26 Å². The van der Waals surface area contributed by atoms with E-state index in [9.17, 15) is 13.2 Å². The molecule has 17 heavy (non-hydrogen) atoms. The van der Waals surface area contributed by atoms with Gasteiger partial charge in [0.25, 0.3) is 0 Å². The standard InChI is InChI=1S/C11H16F3N3/c1-2-9(7-15)10(12)11(13,14)8-17-5-3-16-4-6-17/h16H,2-6,8H2,1H3. The number of halogens is 3. The summed E-state index contributed by atoms with van der Waals surface area (Å²) in [6.07, 6.45) is -0.0144. The molecular weight excluding hydrogens is 231 g/mol. The summed E-state index contributed by atoms with van der Waals surface area (Å²) in [4.78, 5) is 1.50. The SMILES string of the molecule is CCC(C#N)=C(F)C(F)(F)CN1CCNCC1. The Bertz CT molecular complexity index is 327. The molecule has 0 aromatic rings. The summed E-state index contributed by atoms with van der Waals surface area (Å²) in [6.45, 7) is 3.01. The average molecular weight is 247 g/mol. The van der Waals surface area contributed by atoms with Gasteiger partial charge in [-0.2, -0.15) is 14.0 Å². The lowest BCUT2D eigenvalue weighted by Crippen LogP contribution is -2.48. The third kappa shape index (κ3) is 3.72. The molecule has 3 nitrogen and oxygen atoms in total. The van der Waals surface area contributed by atoms with E-state index in [2.05, 4.69) is 5.32 Å². The van der Waals surface area contributed by atoms with Gasteiger partial charge in [-0.15, -0.1) is 0 Å². The Kier molecular flexibility index (Phi) is 4.97. The first-order valence-corrected chi connectivity index (χ1v) is 5.61. The third-order valence-corrected chi connectivity index (χ3v) is 2.71. The van der Waals surface area contributed by atoms with Crippen LogP contribution in [0.15, 0.2) is 11.4 Å². The predicted octanol–water partition coefficient (Wildman–Crippen LogP) is 1.68. The second kappa shape index (κ2) is 6.03. The lowest BCUT2D eigenvalue weighted by molar-refractivity contribution is -0.0196. The van der Waals surface area contributed by atoms with Gasteiger partial charge in [0, 0.05) is 26.2 Å². The molecule has 0 unspecified atom stereocenters. The molecule has 96 valence electrons. The van der Waals surface area contributed by atoms with Crippen LogP contribution in [0.3, 0.4) is 0 Å². The van der Waals surface area contributed by atoms with Gasteiger partial charge in [0.15, 0.2) is 5.83 Å². The molecule has 0 saturated carbocycles. The van der Waals surface area contributed by atoms with Crippen LogP contribution >= 0.6 is 0 Å². The van der Waals surface area contributed by atoms with Crippen molar-refractivity contribution < 1.29 is 13.2 Å². The zero-order valence-corrected chi connectivity index (χ0v) is 9.77. The molecule has 1 aliphatic rings. The Balaban J connectivity index is 2.73. The minimum Gasteiger partial charge on any atom is -0.314 e. The fourth-order valence-electron chi connectivity index (χ4n) is 1.72. The zero-order valence-electron chi connectivity index (χ0n) is 9.77. The molecule has 1 rings (SSSR count). The normalized spacial score (nSPS) is 19.7. The molecule has 1 saturated heterocycles. The maximum absolute atomic E-state index is 13.6. The molecule has 1 aliphatic heterocycles. The number of nitrogens with one attached hydrogen (secondary N) is 1. The molecule has 1 fully saturated rings. The van der Waals surface area contributed by atoms with Gasteiger partial charge in [-0.05, 0) is 6.42 Å². The van der Waals surface area contributed by atoms with E-state index >= 15 is 0 Å². The molecule has 0 aromatic carbocycles. The van der Waals surface area contributed by atoms with Crippen molar-refractivity contribution in [2.24, 2.45) is 0 Å². The molecule has 0 amide bonds. The van der Waals surface area contributed by atoms with Crippen molar-refractivity contribution in [1.29, 1.82) is 5.26 Å². The second-order valence-corrected chi connectivity index (χ2v) is 3.99. The highest BCUT2D eigenvalue weighted by atomic mass is 19.3. The summed E-state index contributed by atoms with van der Waals surface area (Å²) in [5.41, 5.74) is -0.467. The average Bonchev–Trinajstić information content (AvgIpc) is 2.31. The van der Waals surface area contributed by atoms with Crippen LogP contribution in [0.1, 0.15) is 13.3 Å². The van der Waals surface area contributed by atoms with Crippen LogP contribution in [-0.2, 0) is 0 Å². The summed E-state index contributed by atoms with van der Waals surface area (Å²) in [6, 6.07) is 1.49. The predicted molar refractivity (Wildman–Crippen MR) is 58.3 cm³/mol. The minimum atomic E-state index is -3.57. The molecule has 1 N–H and O–H groups in total. The van der Waals surface area contributed by atoms with Gasteiger partial charge in [0.2, 0.25) is 0 Å². The van der Waals surface area contributed by atoms with Crippen molar-refractivity contribution in [3.05, 3.63) is 11.4 Å². The number of rotatable bonds is 4. The van der Waals surface area contributed by atoms with E-state index in [1.807, 2.05) is 0 Å². The highest BCUT2D eigenvalue weighted by molar-refractivity contribution is 5.27. The second-order valence-electron chi connectivity index (χ2n) is 3.99. The van der Waals surface area contributed by atoms with E-state index in [1.54, 1.807) is 0 Å². The van der Waals surface area contributed by atoms with E-state index in [0.717, 1.165) is 0 Å². The van der Waals surface area contributed by atoms with Gasteiger partial charge >= 0.3 is 5.92 Å². The van der Waals surface area contributed by atoms with Gasteiger partial charge in [0.1, 0.15) is 0 Å². The van der Waals surface area contributed by atoms with Crippen molar-refractivity contribution in [1.82, 2.24) is 10.2 Å². The first kappa shape index (κ1) is 14.0. The van der Waals surface area contributed by atoms with Crippen molar-refractivity contribution >= 4 is 0 Å². The highest BCUT2D eigenvalue weighted by Gasteiger charge is 2.39. The highest BCUT2D eigenvalue weighted by Crippen LogP contribution is 2.30.